The van der Waals surface area contributed by atoms with Crippen LogP contribution in [0.4, 0.5) is 11.4 Å². The van der Waals surface area contributed by atoms with E-state index in [9.17, 15) is 14.7 Å². The molecule has 0 heterocycles. The van der Waals surface area contributed by atoms with E-state index >= 15 is 0 Å². The first-order valence-electron chi connectivity index (χ1n) is 8.55. The Hall–Kier alpha value is -2.82. The number of carbonyl (C=O) groups is 2. The van der Waals surface area contributed by atoms with Crippen molar-refractivity contribution in [1.29, 1.82) is 0 Å². The summed E-state index contributed by atoms with van der Waals surface area (Å²) < 4.78 is 0. The molecule has 0 bridgehead atoms. The number of rotatable bonds is 8. The predicted octanol–water partition coefficient (Wildman–Crippen LogP) is 4.26. The maximum Gasteiger partial charge on any atom is 0.335 e. The largest absolute Gasteiger partial charge is 0.478 e. The Labute approximate surface area is 148 Å². The van der Waals surface area contributed by atoms with Crippen molar-refractivity contribution in [1.82, 2.24) is 0 Å². The van der Waals surface area contributed by atoms with Crippen LogP contribution in [0.3, 0.4) is 0 Å². The summed E-state index contributed by atoms with van der Waals surface area (Å²) in [6.07, 6.45) is 1.93. The molecule has 0 radical (unpaired) electrons. The van der Waals surface area contributed by atoms with Crippen molar-refractivity contribution in [2.24, 2.45) is 0 Å². The van der Waals surface area contributed by atoms with Gasteiger partial charge >= 0.3 is 5.97 Å². The number of amides is 1. The third-order valence-electron chi connectivity index (χ3n) is 3.86. The summed E-state index contributed by atoms with van der Waals surface area (Å²) in [5.41, 5.74) is 2.06. The number of benzene rings is 2. The van der Waals surface area contributed by atoms with Gasteiger partial charge in [-0.05, 0) is 43.2 Å². The predicted molar refractivity (Wildman–Crippen MR) is 101 cm³/mol. The van der Waals surface area contributed by atoms with Gasteiger partial charge in [-0.3, -0.25) is 4.79 Å². The molecule has 0 aliphatic carbocycles. The van der Waals surface area contributed by atoms with Crippen molar-refractivity contribution in [3.8, 4) is 0 Å². The summed E-state index contributed by atoms with van der Waals surface area (Å²) in [5, 5.41) is 12.1. The molecule has 0 aliphatic rings. The van der Waals surface area contributed by atoms with Crippen molar-refractivity contribution in [2.75, 3.05) is 23.3 Å². The molecule has 2 rings (SSSR count). The van der Waals surface area contributed by atoms with Crippen molar-refractivity contribution in [3.63, 3.8) is 0 Å². The van der Waals surface area contributed by atoms with Gasteiger partial charge < -0.3 is 15.3 Å². The Morgan fingerprint density at radius 3 is 2.16 bits per heavy atom. The van der Waals surface area contributed by atoms with Crippen molar-refractivity contribution in [3.05, 3.63) is 59.7 Å². The number of carboxylic acid groups (broad SMARTS) is 1. The first-order valence-corrected chi connectivity index (χ1v) is 8.55. The minimum atomic E-state index is -1.01. The average Bonchev–Trinajstić information content (AvgIpc) is 2.62. The third kappa shape index (κ3) is 4.83. The molecule has 5 heteroatoms. The highest BCUT2D eigenvalue weighted by molar-refractivity contribution is 6.06. The van der Waals surface area contributed by atoms with Crippen LogP contribution in [0.2, 0.25) is 0 Å². The summed E-state index contributed by atoms with van der Waals surface area (Å²) in [7, 11) is 0. The van der Waals surface area contributed by atoms with E-state index in [0.29, 0.717) is 11.3 Å². The molecule has 0 spiro atoms. The minimum absolute atomic E-state index is 0.153. The van der Waals surface area contributed by atoms with E-state index in [4.69, 9.17) is 0 Å². The molecule has 0 aromatic heterocycles. The molecule has 0 atom stereocenters. The second-order valence-electron chi connectivity index (χ2n) is 5.84. The lowest BCUT2D eigenvalue weighted by atomic mass is 10.1. The van der Waals surface area contributed by atoms with Gasteiger partial charge in [-0.2, -0.15) is 0 Å². The van der Waals surface area contributed by atoms with E-state index in [-0.39, 0.29) is 11.5 Å². The highest BCUT2D eigenvalue weighted by atomic mass is 16.4. The van der Waals surface area contributed by atoms with Gasteiger partial charge in [-0.15, -0.1) is 0 Å². The van der Waals surface area contributed by atoms with Gasteiger partial charge in [0.25, 0.3) is 5.91 Å². The molecular weight excluding hydrogens is 316 g/mol. The maximum absolute atomic E-state index is 12.5. The van der Waals surface area contributed by atoms with Gasteiger partial charge in [0.2, 0.25) is 0 Å². The van der Waals surface area contributed by atoms with E-state index in [1.807, 2.05) is 6.07 Å². The summed E-state index contributed by atoms with van der Waals surface area (Å²) in [6.45, 7) is 5.87. The van der Waals surface area contributed by atoms with Crippen molar-refractivity contribution < 1.29 is 14.7 Å². The van der Waals surface area contributed by atoms with Crippen LogP contribution in [0, 0.1) is 0 Å². The molecule has 0 aliphatic heterocycles. The first kappa shape index (κ1) is 18.5. The molecule has 2 N–H and O–H groups in total. The van der Waals surface area contributed by atoms with Crippen LogP contribution >= 0.6 is 0 Å². The van der Waals surface area contributed by atoms with E-state index in [1.54, 1.807) is 36.4 Å². The van der Waals surface area contributed by atoms with Crippen molar-refractivity contribution >= 4 is 23.3 Å². The minimum Gasteiger partial charge on any atom is -0.478 e. The zero-order valence-corrected chi connectivity index (χ0v) is 14.7. The van der Waals surface area contributed by atoms with E-state index in [0.717, 1.165) is 31.6 Å². The smallest absolute Gasteiger partial charge is 0.335 e. The monoisotopic (exact) mass is 340 g/mol. The lowest BCUT2D eigenvalue weighted by Crippen LogP contribution is -2.26. The molecule has 2 aromatic rings. The van der Waals surface area contributed by atoms with Crippen LogP contribution in [0.25, 0.3) is 0 Å². The summed E-state index contributed by atoms with van der Waals surface area (Å²) in [4.78, 5) is 26.0. The number of carboxylic acids is 1. The molecule has 0 saturated heterocycles. The highest BCUT2D eigenvalue weighted by Gasteiger charge is 2.16. The Bertz CT molecular complexity index is 723. The summed E-state index contributed by atoms with van der Waals surface area (Å²) in [6, 6.07) is 13.8. The average molecular weight is 340 g/mol. The van der Waals surface area contributed by atoms with Gasteiger partial charge in [-0.25, -0.2) is 4.79 Å². The molecule has 0 saturated carbocycles. The lowest BCUT2D eigenvalue weighted by Gasteiger charge is -2.26. The van der Waals surface area contributed by atoms with Crippen LogP contribution in [0.15, 0.2) is 48.5 Å². The van der Waals surface area contributed by atoms with Gasteiger partial charge in [0, 0.05) is 18.7 Å². The summed E-state index contributed by atoms with van der Waals surface area (Å²) >= 11 is 0. The van der Waals surface area contributed by atoms with Crippen molar-refractivity contribution in [2.45, 2.75) is 26.7 Å². The van der Waals surface area contributed by atoms with Crippen LogP contribution < -0.4 is 10.2 Å². The van der Waals surface area contributed by atoms with Gasteiger partial charge in [-0.1, -0.05) is 32.0 Å². The number of hydrogen-bond donors (Lipinski definition) is 2. The van der Waals surface area contributed by atoms with Crippen LogP contribution in [0.1, 0.15) is 47.4 Å². The second-order valence-corrected chi connectivity index (χ2v) is 5.84. The van der Waals surface area contributed by atoms with Crippen LogP contribution in [-0.4, -0.2) is 30.1 Å². The molecule has 25 heavy (non-hydrogen) atoms. The van der Waals surface area contributed by atoms with E-state index in [2.05, 4.69) is 24.1 Å². The standard InChI is InChI=1S/C20H24N2O3/c1-3-12-22(13-4-2)18-11-10-16(20(24)25)14-17(18)21-19(23)15-8-6-5-7-9-15/h5-11,14H,3-4,12-13H2,1-2H3,(H,21,23)(H,24,25). The van der Waals surface area contributed by atoms with Crippen LogP contribution in [0.5, 0.6) is 0 Å². The SMILES string of the molecule is CCCN(CCC)c1ccc(C(=O)O)cc1NC(=O)c1ccccc1. The third-order valence-corrected chi connectivity index (χ3v) is 3.86. The molecule has 5 nitrogen and oxygen atoms in total. The Balaban J connectivity index is 2.39. The zero-order valence-electron chi connectivity index (χ0n) is 14.7. The van der Waals surface area contributed by atoms with Gasteiger partial charge in [0.1, 0.15) is 0 Å². The highest BCUT2D eigenvalue weighted by Crippen LogP contribution is 2.28. The fraction of sp³-hybridized carbons (Fsp3) is 0.300. The number of anilines is 2. The molecule has 1 amide bonds. The molecule has 0 fully saturated rings. The number of nitrogens with zero attached hydrogens (tertiary/aromatic N) is 1. The van der Waals surface area contributed by atoms with E-state index in [1.165, 1.54) is 6.07 Å². The fourth-order valence-corrected chi connectivity index (χ4v) is 2.72. The Morgan fingerprint density at radius 2 is 1.60 bits per heavy atom. The van der Waals surface area contributed by atoms with Crippen LogP contribution in [-0.2, 0) is 0 Å². The Kier molecular flexibility index (Phi) is 6.57. The number of aromatic carboxylic acids is 1. The molecule has 0 unspecified atom stereocenters. The molecule has 132 valence electrons. The van der Waals surface area contributed by atoms with Gasteiger partial charge in [0.15, 0.2) is 0 Å². The number of hydrogen-bond acceptors (Lipinski definition) is 3. The zero-order chi connectivity index (χ0) is 18.2. The van der Waals surface area contributed by atoms with E-state index < -0.39 is 5.97 Å². The second kappa shape index (κ2) is 8.87. The quantitative estimate of drug-likeness (QED) is 0.753. The topological polar surface area (TPSA) is 69.6 Å². The normalized spacial score (nSPS) is 10.3. The first-order chi connectivity index (χ1) is 12.1. The maximum atomic E-state index is 12.5. The lowest BCUT2D eigenvalue weighted by molar-refractivity contribution is 0.0696. The summed E-state index contributed by atoms with van der Waals surface area (Å²) in [5.74, 6) is -1.27. The number of nitrogens with one attached hydrogen (secondary N) is 1. The Morgan fingerprint density at radius 1 is 0.960 bits per heavy atom. The number of carbonyl (C=O) groups excluding carboxylic acids is 1. The fourth-order valence-electron chi connectivity index (χ4n) is 2.72. The molecular formula is C20H24N2O3. The molecule has 2 aromatic carbocycles. The van der Waals surface area contributed by atoms with Gasteiger partial charge in [0.05, 0.1) is 16.9 Å².